The van der Waals surface area contributed by atoms with Gasteiger partial charge < -0.3 is 19.5 Å². The number of nitrogens with one attached hydrogen (secondary N) is 1. The van der Waals surface area contributed by atoms with Crippen molar-refractivity contribution in [2.24, 2.45) is 0 Å². The Morgan fingerprint density at radius 3 is 2.89 bits per heavy atom. The molecule has 1 amide bonds. The molecule has 5 nitrogen and oxygen atoms in total. The van der Waals surface area contributed by atoms with Gasteiger partial charge in [-0.1, -0.05) is 6.07 Å². The highest BCUT2D eigenvalue weighted by Crippen LogP contribution is 2.30. The largest absolute Gasteiger partial charge is 0.486 e. The Bertz CT molecular complexity index is 433. The lowest BCUT2D eigenvalue weighted by atomic mass is 10.1. The summed E-state index contributed by atoms with van der Waals surface area (Å²) in [4.78, 5) is 11.3. The molecule has 0 radical (unpaired) electrons. The molecule has 104 valence electrons. The summed E-state index contributed by atoms with van der Waals surface area (Å²) in [6.07, 6.45) is 0.758. The van der Waals surface area contributed by atoms with Gasteiger partial charge in [-0.05, 0) is 31.0 Å². The Morgan fingerprint density at radius 1 is 1.32 bits per heavy atom. The number of carbonyl (C=O) groups is 1. The summed E-state index contributed by atoms with van der Waals surface area (Å²) in [6, 6.07) is 5.86. The molecule has 1 heterocycles. The predicted molar refractivity (Wildman–Crippen MR) is 70.6 cm³/mol. The van der Waals surface area contributed by atoms with E-state index in [-0.39, 0.29) is 12.5 Å². The molecule has 0 atom stereocenters. The van der Waals surface area contributed by atoms with Gasteiger partial charge in [-0.25, -0.2) is 0 Å². The van der Waals surface area contributed by atoms with Gasteiger partial charge >= 0.3 is 0 Å². The standard InChI is InChI=1S/C14H19NO4/c1-2-17-10-14(16)15-6-5-11-3-4-12-13(9-11)19-8-7-18-12/h3-4,9H,2,5-8,10H2,1H3,(H,15,16). The maximum Gasteiger partial charge on any atom is 0.246 e. The molecular weight excluding hydrogens is 246 g/mol. The lowest BCUT2D eigenvalue weighted by Crippen LogP contribution is -2.29. The van der Waals surface area contributed by atoms with E-state index in [9.17, 15) is 4.79 Å². The van der Waals surface area contributed by atoms with E-state index in [1.54, 1.807) is 0 Å². The molecule has 19 heavy (non-hydrogen) atoms. The average molecular weight is 265 g/mol. The smallest absolute Gasteiger partial charge is 0.246 e. The van der Waals surface area contributed by atoms with Crippen LogP contribution in [0.5, 0.6) is 11.5 Å². The fraction of sp³-hybridized carbons (Fsp3) is 0.500. The molecule has 0 spiro atoms. The minimum absolute atomic E-state index is 0.0839. The second-order valence-electron chi connectivity index (χ2n) is 4.22. The van der Waals surface area contributed by atoms with E-state index in [2.05, 4.69) is 5.32 Å². The van der Waals surface area contributed by atoms with Crippen LogP contribution in [0.2, 0.25) is 0 Å². The van der Waals surface area contributed by atoms with Crippen LogP contribution in [0.15, 0.2) is 18.2 Å². The minimum Gasteiger partial charge on any atom is -0.486 e. The van der Waals surface area contributed by atoms with E-state index >= 15 is 0 Å². The quantitative estimate of drug-likeness (QED) is 0.838. The van der Waals surface area contributed by atoms with Gasteiger partial charge in [0.1, 0.15) is 19.8 Å². The third-order valence-corrected chi connectivity index (χ3v) is 2.78. The summed E-state index contributed by atoms with van der Waals surface area (Å²) in [5.74, 6) is 1.49. The third-order valence-electron chi connectivity index (χ3n) is 2.78. The van der Waals surface area contributed by atoms with Crippen molar-refractivity contribution in [3.05, 3.63) is 23.8 Å². The van der Waals surface area contributed by atoms with Crippen molar-refractivity contribution in [1.29, 1.82) is 0 Å². The minimum atomic E-state index is -0.0839. The molecule has 0 bridgehead atoms. The first kappa shape index (κ1) is 13.7. The zero-order valence-corrected chi connectivity index (χ0v) is 11.1. The first-order chi connectivity index (χ1) is 9.29. The number of ether oxygens (including phenoxy) is 3. The maximum atomic E-state index is 11.3. The number of rotatable bonds is 6. The van der Waals surface area contributed by atoms with Crippen molar-refractivity contribution in [3.63, 3.8) is 0 Å². The molecule has 0 saturated heterocycles. The number of hydrogen-bond acceptors (Lipinski definition) is 4. The summed E-state index contributed by atoms with van der Waals surface area (Å²) >= 11 is 0. The van der Waals surface area contributed by atoms with Crippen LogP contribution >= 0.6 is 0 Å². The molecule has 0 saturated carbocycles. The highest BCUT2D eigenvalue weighted by molar-refractivity contribution is 5.77. The molecule has 0 aromatic heterocycles. The molecule has 0 fully saturated rings. The molecular formula is C14H19NO4. The Hall–Kier alpha value is -1.75. The molecule has 1 aromatic rings. The van der Waals surface area contributed by atoms with Crippen LogP contribution in [-0.2, 0) is 16.0 Å². The van der Waals surface area contributed by atoms with Crippen LogP contribution < -0.4 is 14.8 Å². The summed E-state index contributed by atoms with van der Waals surface area (Å²) in [6.45, 7) is 4.31. The van der Waals surface area contributed by atoms with Gasteiger partial charge in [-0.2, -0.15) is 0 Å². The predicted octanol–water partition coefficient (Wildman–Crippen LogP) is 1.15. The first-order valence-electron chi connectivity index (χ1n) is 6.52. The lowest BCUT2D eigenvalue weighted by molar-refractivity contribution is -0.125. The summed E-state index contributed by atoms with van der Waals surface area (Å²) in [5, 5.41) is 2.81. The van der Waals surface area contributed by atoms with Crippen molar-refractivity contribution >= 4 is 5.91 Å². The molecule has 2 rings (SSSR count). The fourth-order valence-electron chi connectivity index (χ4n) is 1.84. The second kappa shape index (κ2) is 6.99. The molecule has 1 aliphatic heterocycles. The summed E-state index contributed by atoms with van der Waals surface area (Å²) < 4.78 is 16.0. The Kier molecular flexibility index (Phi) is 5.03. The molecule has 0 unspecified atom stereocenters. The van der Waals surface area contributed by atoms with Crippen molar-refractivity contribution in [2.75, 3.05) is 33.0 Å². The Morgan fingerprint density at radius 2 is 2.11 bits per heavy atom. The normalized spacial score (nSPS) is 13.1. The van der Waals surface area contributed by atoms with Crippen molar-refractivity contribution in [2.45, 2.75) is 13.3 Å². The molecule has 1 aromatic carbocycles. The van der Waals surface area contributed by atoms with Gasteiger partial charge in [0.05, 0.1) is 0 Å². The maximum absolute atomic E-state index is 11.3. The van der Waals surface area contributed by atoms with Gasteiger partial charge in [0.2, 0.25) is 5.91 Å². The van der Waals surface area contributed by atoms with E-state index in [1.165, 1.54) is 0 Å². The topological polar surface area (TPSA) is 56.8 Å². The summed E-state index contributed by atoms with van der Waals surface area (Å²) in [7, 11) is 0. The molecule has 5 heteroatoms. The highest BCUT2D eigenvalue weighted by atomic mass is 16.6. The molecule has 1 aliphatic rings. The zero-order valence-electron chi connectivity index (χ0n) is 11.1. The van der Waals surface area contributed by atoms with E-state index in [0.717, 1.165) is 23.5 Å². The Balaban J connectivity index is 1.78. The van der Waals surface area contributed by atoms with E-state index in [0.29, 0.717) is 26.4 Å². The van der Waals surface area contributed by atoms with E-state index in [1.807, 2.05) is 25.1 Å². The molecule has 0 aliphatic carbocycles. The van der Waals surface area contributed by atoms with Gasteiger partial charge in [0, 0.05) is 13.2 Å². The van der Waals surface area contributed by atoms with Gasteiger partial charge in [0.25, 0.3) is 0 Å². The van der Waals surface area contributed by atoms with Crippen LogP contribution in [0.1, 0.15) is 12.5 Å². The Labute approximate surface area is 112 Å². The van der Waals surface area contributed by atoms with Crippen molar-refractivity contribution in [1.82, 2.24) is 5.32 Å². The van der Waals surface area contributed by atoms with E-state index < -0.39 is 0 Å². The third kappa shape index (κ3) is 4.13. The fourth-order valence-corrected chi connectivity index (χ4v) is 1.84. The summed E-state index contributed by atoms with van der Waals surface area (Å²) in [5.41, 5.74) is 1.11. The lowest BCUT2D eigenvalue weighted by Gasteiger charge is -2.18. The van der Waals surface area contributed by atoms with Gasteiger partial charge in [-0.15, -0.1) is 0 Å². The number of benzene rings is 1. The average Bonchev–Trinajstić information content (AvgIpc) is 2.45. The monoisotopic (exact) mass is 265 g/mol. The second-order valence-corrected chi connectivity index (χ2v) is 4.22. The highest BCUT2D eigenvalue weighted by Gasteiger charge is 2.11. The van der Waals surface area contributed by atoms with Crippen molar-refractivity contribution < 1.29 is 19.0 Å². The molecule has 1 N–H and O–H groups in total. The van der Waals surface area contributed by atoms with Crippen LogP contribution in [-0.4, -0.2) is 38.9 Å². The van der Waals surface area contributed by atoms with Crippen molar-refractivity contribution in [3.8, 4) is 11.5 Å². The van der Waals surface area contributed by atoms with Crippen LogP contribution in [0.4, 0.5) is 0 Å². The number of carbonyl (C=O) groups excluding carboxylic acids is 1. The number of amides is 1. The first-order valence-corrected chi connectivity index (χ1v) is 6.52. The van der Waals surface area contributed by atoms with E-state index in [4.69, 9.17) is 14.2 Å². The van der Waals surface area contributed by atoms with Gasteiger partial charge in [0.15, 0.2) is 11.5 Å². The zero-order chi connectivity index (χ0) is 13.5. The number of fused-ring (bicyclic) bond motifs is 1. The number of hydrogen-bond donors (Lipinski definition) is 1. The SMILES string of the molecule is CCOCC(=O)NCCc1ccc2c(c1)OCCO2. The van der Waals surface area contributed by atoms with Crippen LogP contribution in [0.3, 0.4) is 0 Å². The van der Waals surface area contributed by atoms with Crippen LogP contribution in [0.25, 0.3) is 0 Å². The van der Waals surface area contributed by atoms with Gasteiger partial charge in [-0.3, -0.25) is 4.79 Å². The van der Waals surface area contributed by atoms with Crippen LogP contribution in [0, 0.1) is 0 Å².